The summed E-state index contributed by atoms with van der Waals surface area (Å²) in [5.74, 6) is 0. The van der Waals surface area contributed by atoms with Crippen molar-refractivity contribution in [2.24, 2.45) is 0 Å². The molecule has 0 aliphatic heterocycles. The summed E-state index contributed by atoms with van der Waals surface area (Å²) in [5.41, 5.74) is 2.15. The lowest BCUT2D eigenvalue weighted by Crippen LogP contribution is -2.26. The third-order valence-electron chi connectivity index (χ3n) is 4.53. The molecule has 0 aliphatic carbocycles. The van der Waals surface area contributed by atoms with Crippen molar-refractivity contribution in [3.8, 4) is 17.3 Å². The number of aromatic amines is 1. The van der Waals surface area contributed by atoms with E-state index in [1.807, 2.05) is 30.5 Å². The molecule has 5 nitrogen and oxygen atoms in total. The van der Waals surface area contributed by atoms with Crippen molar-refractivity contribution in [2.45, 2.75) is 51.2 Å². The maximum Gasteiger partial charge on any atom is 0.270 e. The molecule has 0 amide bonds. The second-order valence-electron chi connectivity index (χ2n) is 6.55. The summed E-state index contributed by atoms with van der Waals surface area (Å²) in [4.78, 5) is 22.0. The van der Waals surface area contributed by atoms with Gasteiger partial charge in [0.2, 0.25) is 0 Å². The molecule has 0 radical (unpaired) electrons. The molecule has 0 spiro atoms. The number of nitrogens with zero attached hydrogens (tertiary/aromatic N) is 3. The maximum absolute atomic E-state index is 12.3. The highest BCUT2D eigenvalue weighted by Gasteiger charge is 2.17. The van der Waals surface area contributed by atoms with Crippen molar-refractivity contribution in [3.05, 3.63) is 45.7 Å². The van der Waals surface area contributed by atoms with Crippen molar-refractivity contribution in [1.29, 1.82) is 5.26 Å². The molecule has 0 aliphatic rings. The van der Waals surface area contributed by atoms with Crippen LogP contribution in [0.2, 0.25) is 0 Å². The first kappa shape index (κ1) is 21.2. The predicted molar refractivity (Wildman–Crippen MR) is 112 cm³/mol. The second kappa shape index (κ2) is 10.9. The first-order valence-corrected chi connectivity index (χ1v) is 10.8. The number of thioether (sulfide) groups is 1. The van der Waals surface area contributed by atoms with Gasteiger partial charge >= 0.3 is 0 Å². The van der Waals surface area contributed by atoms with Crippen LogP contribution in [-0.4, -0.2) is 34.2 Å². The Labute approximate surface area is 165 Å². The number of hydrogen-bond donors (Lipinski definition) is 1. The Kier molecular flexibility index (Phi) is 8.56. The molecule has 0 fully saturated rings. The Morgan fingerprint density at radius 3 is 2.44 bits per heavy atom. The molecule has 0 bridgehead atoms. The summed E-state index contributed by atoms with van der Waals surface area (Å²) in [5, 5.41) is 10.0. The quantitative estimate of drug-likeness (QED) is 0.484. The van der Waals surface area contributed by atoms with Crippen LogP contribution in [0.25, 0.3) is 11.3 Å². The summed E-state index contributed by atoms with van der Waals surface area (Å²) in [6.07, 6.45) is 6.51. The van der Waals surface area contributed by atoms with Gasteiger partial charge in [0, 0.05) is 12.1 Å². The fourth-order valence-corrected chi connectivity index (χ4v) is 3.39. The van der Waals surface area contributed by atoms with E-state index in [0.717, 1.165) is 56.4 Å². The van der Waals surface area contributed by atoms with Crippen molar-refractivity contribution < 1.29 is 0 Å². The summed E-state index contributed by atoms with van der Waals surface area (Å²) < 4.78 is 0. The highest BCUT2D eigenvalue weighted by molar-refractivity contribution is 7.98. The lowest BCUT2D eigenvalue weighted by atomic mass is 10.0. The molecule has 1 aromatic carbocycles. The molecule has 0 saturated carbocycles. The molecule has 6 heteroatoms. The van der Waals surface area contributed by atoms with Gasteiger partial charge in [-0.3, -0.25) is 9.69 Å². The minimum absolute atomic E-state index is 0.0777. The number of benzene rings is 1. The van der Waals surface area contributed by atoms with Gasteiger partial charge in [0.05, 0.1) is 5.69 Å². The van der Waals surface area contributed by atoms with Gasteiger partial charge in [0.1, 0.15) is 11.6 Å². The highest BCUT2D eigenvalue weighted by Crippen LogP contribution is 2.26. The van der Waals surface area contributed by atoms with Gasteiger partial charge in [-0.15, -0.1) is 0 Å². The Morgan fingerprint density at radius 1 is 1.19 bits per heavy atom. The van der Waals surface area contributed by atoms with E-state index >= 15 is 0 Å². The van der Waals surface area contributed by atoms with Crippen LogP contribution >= 0.6 is 11.8 Å². The number of hydrogen-bond acceptors (Lipinski definition) is 5. The van der Waals surface area contributed by atoms with Gasteiger partial charge < -0.3 is 4.98 Å². The monoisotopic (exact) mass is 384 g/mol. The average Bonchev–Trinajstić information content (AvgIpc) is 2.69. The zero-order valence-electron chi connectivity index (χ0n) is 16.4. The Morgan fingerprint density at radius 2 is 1.85 bits per heavy atom. The maximum atomic E-state index is 12.3. The van der Waals surface area contributed by atoms with Gasteiger partial charge in [-0.1, -0.05) is 62.7 Å². The summed E-state index contributed by atoms with van der Waals surface area (Å²) >= 11 is 1.37. The Hall–Kier alpha value is -2.10. The number of aromatic nitrogens is 2. The SMILES string of the molecule is CCCCN(CCCC)Cc1ccccc1-c1nc(SC)[nH]c(=O)c1C#N. The van der Waals surface area contributed by atoms with Crippen molar-refractivity contribution in [3.63, 3.8) is 0 Å². The number of H-pyrrole nitrogens is 1. The smallest absolute Gasteiger partial charge is 0.270 e. The minimum Gasteiger partial charge on any atom is -0.300 e. The molecule has 2 rings (SSSR count). The van der Waals surface area contributed by atoms with E-state index in [4.69, 9.17) is 0 Å². The van der Waals surface area contributed by atoms with E-state index in [9.17, 15) is 10.1 Å². The summed E-state index contributed by atoms with van der Waals surface area (Å²) in [7, 11) is 0. The van der Waals surface area contributed by atoms with E-state index in [-0.39, 0.29) is 11.1 Å². The molecule has 0 atom stereocenters. The Balaban J connectivity index is 2.45. The molecule has 1 heterocycles. The fraction of sp³-hybridized carbons (Fsp3) is 0.476. The van der Waals surface area contributed by atoms with Gasteiger partial charge in [0.15, 0.2) is 5.16 Å². The predicted octanol–water partition coefficient (Wildman–Crippen LogP) is 4.43. The fourth-order valence-electron chi connectivity index (χ4n) is 3.01. The topological polar surface area (TPSA) is 72.8 Å². The summed E-state index contributed by atoms with van der Waals surface area (Å²) in [6, 6.07) is 10.0. The molecular weight excluding hydrogens is 356 g/mol. The van der Waals surface area contributed by atoms with Gasteiger partial charge in [-0.05, 0) is 37.8 Å². The van der Waals surface area contributed by atoms with Gasteiger partial charge in [0.25, 0.3) is 5.56 Å². The minimum atomic E-state index is -0.379. The van der Waals surface area contributed by atoms with Gasteiger partial charge in [-0.2, -0.15) is 5.26 Å². The van der Waals surface area contributed by atoms with Gasteiger partial charge in [-0.25, -0.2) is 4.98 Å². The van der Waals surface area contributed by atoms with Crippen LogP contribution in [0.4, 0.5) is 0 Å². The zero-order chi connectivity index (χ0) is 19.6. The number of nitriles is 1. The van der Waals surface area contributed by atoms with Crippen LogP contribution < -0.4 is 5.56 Å². The third kappa shape index (κ3) is 5.69. The second-order valence-corrected chi connectivity index (χ2v) is 7.35. The average molecular weight is 385 g/mol. The largest absolute Gasteiger partial charge is 0.300 e. The highest BCUT2D eigenvalue weighted by atomic mass is 32.2. The van der Waals surface area contributed by atoms with Crippen LogP contribution in [0.15, 0.2) is 34.2 Å². The zero-order valence-corrected chi connectivity index (χ0v) is 17.2. The molecule has 27 heavy (non-hydrogen) atoms. The molecule has 144 valence electrons. The lowest BCUT2D eigenvalue weighted by molar-refractivity contribution is 0.257. The van der Waals surface area contributed by atoms with Crippen LogP contribution in [0.1, 0.15) is 50.7 Å². The molecule has 1 aromatic heterocycles. The Bertz CT molecular complexity index is 833. The lowest BCUT2D eigenvalue weighted by Gasteiger charge is -2.23. The first-order chi connectivity index (χ1) is 13.1. The van der Waals surface area contributed by atoms with Crippen molar-refractivity contribution in [2.75, 3.05) is 19.3 Å². The number of nitrogens with one attached hydrogen (secondary N) is 1. The molecule has 2 aromatic rings. The van der Waals surface area contributed by atoms with E-state index in [1.54, 1.807) is 0 Å². The third-order valence-corrected chi connectivity index (χ3v) is 5.11. The first-order valence-electron chi connectivity index (χ1n) is 9.53. The van der Waals surface area contributed by atoms with Crippen LogP contribution in [0.3, 0.4) is 0 Å². The summed E-state index contributed by atoms with van der Waals surface area (Å²) in [6.45, 7) is 7.30. The van der Waals surface area contributed by atoms with E-state index in [0.29, 0.717) is 10.9 Å². The van der Waals surface area contributed by atoms with Crippen LogP contribution in [0, 0.1) is 11.3 Å². The molecular formula is C21H28N4OS. The van der Waals surface area contributed by atoms with Crippen molar-refractivity contribution >= 4 is 11.8 Å². The standard InChI is InChI=1S/C21H28N4OS/c1-4-6-12-25(13-7-5-2)15-16-10-8-9-11-17(16)19-18(14-22)20(26)24-21(23-19)27-3/h8-11H,4-7,12-13,15H2,1-3H3,(H,23,24,26). The van der Waals surface area contributed by atoms with Crippen LogP contribution in [-0.2, 0) is 6.54 Å². The molecule has 1 N–H and O–H groups in total. The van der Waals surface area contributed by atoms with E-state index in [2.05, 4.69) is 34.8 Å². The van der Waals surface area contributed by atoms with E-state index < -0.39 is 0 Å². The number of unbranched alkanes of at least 4 members (excludes halogenated alkanes) is 2. The van der Waals surface area contributed by atoms with Crippen LogP contribution in [0.5, 0.6) is 0 Å². The molecule has 0 unspecified atom stereocenters. The normalized spacial score (nSPS) is 10.9. The van der Waals surface area contributed by atoms with E-state index in [1.165, 1.54) is 11.8 Å². The molecule has 0 saturated heterocycles. The van der Waals surface area contributed by atoms with Crippen molar-refractivity contribution in [1.82, 2.24) is 14.9 Å². The number of rotatable bonds is 10.